The summed E-state index contributed by atoms with van der Waals surface area (Å²) in [7, 11) is 0. The minimum atomic E-state index is -0.00213. The molecule has 1 saturated heterocycles. The summed E-state index contributed by atoms with van der Waals surface area (Å²) in [5.74, 6) is -0.00213. The van der Waals surface area contributed by atoms with Crippen LogP contribution in [0.3, 0.4) is 0 Å². The zero-order valence-corrected chi connectivity index (χ0v) is 10.8. The maximum atomic E-state index is 12.6. The Morgan fingerprint density at radius 3 is 2.95 bits per heavy atom. The first-order valence-electron chi connectivity index (χ1n) is 6.74. The first-order valence-corrected chi connectivity index (χ1v) is 6.74. The van der Waals surface area contributed by atoms with Crippen LogP contribution in [-0.4, -0.2) is 36.1 Å². The van der Waals surface area contributed by atoms with Crippen molar-refractivity contribution in [2.45, 2.75) is 31.4 Å². The lowest BCUT2D eigenvalue weighted by Crippen LogP contribution is -2.51. The molecule has 0 spiro atoms. The van der Waals surface area contributed by atoms with Gasteiger partial charge in [0, 0.05) is 17.9 Å². The van der Waals surface area contributed by atoms with E-state index in [1.165, 1.54) is 0 Å². The maximum Gasteiger partial charge on any atom is 0.256 e. The molecule has 1 aliphatic carbocycles. The van der Waals surface area contributed by atoms with Crippen LogP contribution in [0, 0.1) is 0 Å². The van der Waals surface area contributed by atoms with Gasteiger partial charge in [-0.3, -0.25) is 4.79 Å². The lowest BCUT2D eigenvalue weighted by Gasteiger charge is -2.37. The Kier molecular flexibility index (Phi) is 3.06. The highest BCUT2D eigenvalue weighted by atomic mass is 16.5. The number of hydrogen-bond acceptors (Lipinski definition) is 4. The van der Waals surface area contributed by atoms with Crippen molar-refractivity contribution in [2.24, 2.45) is 0 Å². The zero-order valence-electron chi connectivity index (χ0n) is 10.8. The quantitative estimate of drug-likeness (QED) is 0.745. The fourth-order valence-corrected chi connectivity index (χ4v) is 3.11. The number of nitrogens with two attached hydrogens (primary N) is 2. The van der Waals surface area contributed by atoms with Gasteiger partial charge in [-0.05, 0) is 37.5 Å². The number of amides is 1. The van der Waals surface area contributed by atoms with Gasteiger partial charge in [-0.1, -0.05) is 0 Å². The summed E-state index contributed by atoms with van der Waals surface area (Å²) in [6.07, 6.45) is 3.39. The first-order chi connectivity index (χ1) is 9.16. The zero-order chi connectivity index (χ0) is 13.4. The molecule has 0 bridgehead atoms. The summed E-state index contributed by atoms with van der Waals surface area (Å²) in [5.41, 5.74) is 13.1. The number of fused-ring (bicyclic) bond motifs is 1. The van der Waals surface area contributed by atoms with Gasteiger partial charge < -0.3 is 21.1 Å². The van der Waals surface area contributed by atoms with Crippen molar-refractivity contribution in [2.75, 3.05) is 24.6 Å². The lowest BCUT2D eigenvalue weighted by atomic mass is 10.1. The van der Waals surface area contributed by atoms with Gasteiger partial charge in [-0.15, -0.1) is 0 Å². The molecule has 102 valence electrons. The molecule has 2 fully saturated rings. The van der Waals surface area contributed by atoms with Gasteiger partial charge in [0.1, 0.15) is 0 Å². The maximum absolute atomic E-state index is 12.6. The number of hydrogen-bond donors (Lipinski definition) is 2. The molecule has 5 nitrogen and oxygen atoms in total. The summed E-state index contributed by atoms with van der Waals surface area (Å²) < 4.78 is 5.72. The summed E-state index contributed by atoms with van der Waals surface area (Å²) in [5, 5.41) is 0. The van der Waals surface area contributed by atoms with E-state index in [4.69, 9.17) is 16.2 Å². The number of morpholine rings is 1. The van der Waals surface area contributed by atoms with E-state index < -0.39 is 0 Å². The van der Waals surface area contributed by atoms with Crippen LogP contribution in [0.15, 0.2) is 18.2 Å². The largest absolute Gasteiger partial charge is 0.399 e. The SMILES string of the molecule is Nc1ccc(C(=O)N2CCOC3CCCC32)c(N)c1. The van der Waals surface area contributed by atoms with Gasteiger partial charge >= 0.3 is 0 Å². The molecule has 4 N–H and O–H groups in total. The Hall–Kier alpha value is -1.75. The summed E-state index contributed by atoms with van der Waals surface area (Å²) in [6, 6.07) is 5.28. The summed E-state index contributed by atoms with van der Waals surface area (Å²) in [6.45, 7) is 1.26. The topological polar surface area (TPSA) is 81.6 Å². The number of rotatable bonds is 1. The molecule has 5 heteroatoms. The number of nitrogens with zero attached hydrogens (tertiary/aromatic N) is 1. The van der Waals surface area contributed by atoms with Crippen molar-refractivity contribution in [3.05, 3.63) is 23.8 Å². The highest BCUT2D eigenvalue weighted by Gasteiger charge is 2.38. The summed E-state index contributed by atoms with van der Waals surface area (Å²) in [4.78, 5) is 14.5. The molecule has 0 aromatic heterocycles. The minimum Gasteiger partial charge on any atom is -0.399 e. The van der Waals surface area contributed by atoms with Crippen LogP contribution in [0.25, 0.3) is 0 Å². The van der Waals surface area contributed by atoms with Crippen LogP contribution < -0.4 is 11.5 Å². The van der Waals surface area contributed by atoms with Crippen LogP contribution in [-0.2, 0) is 4.74 Å². The Labute approximate surface area is 112 Å². The molecule has 1 aromatic rings. The Bertz CT molecular complexity index is 503. The molecule has 1 aliphatic heterocycles. The van der Waals surface area contributed by atoms with E-state index in [0.29, 0.717) is 30.1 Å². The number of carbonyl (C=O) groups is 1. The van der Waals surface area contributed by atoms with Gasteiger partial charge in [0.25, 0.3) is 5.91 Å². The van der Waals surface area contributed by atoms with E-state index >= 15 is 0 Å². The van der Waals surface area contributed by atoms with Crippen LogP contribution in [0.5, 0.6) is 0 Å². The van der Waals surface area contributed by atoms with Gasteiger partial charge in [0.2, 0.25) is 0 Å². The molecular weight excluding hydrogens is 242 g/mol. The monoisotopic (exact) mass is 261 g/mol. The Morgan fingerprint density at radius 2 is 2.16 bits per heavy atom. The van der Waals surface area contributed by atoms with E-state index in [0.717, 1.165) is 19.3 Å². The number of benzene rings is 1. The van der Waals surface area contributed by atoms with Gasteiger partial charge in [-0.25, -0.2) is 0 Å². The van der Waals surface area contributed by atoms with Crippen molar-refractivity contribution in [3.8, 4) is 0 Å². The second-order valence-electron chi connectivity index (χ2n) is 5.25. The molecule has 1 heterocycles. The molecule has 2 unspecified atom stereocenters. The van der Waals surface area contributed by atoms with Crippen molar-refractivity contribution < 1.29 is 9.53 Å². The predicted molar refractivity (Wildman–Crippen MR) is 73.7 cm³/mol. The molecule has 2 atom stereocenters. The second kappa shape index (κ2) is 4.74. The fraction of sp³-hybridized carbons (Fsp3) is 0.500. The van der Waals surface area contributed by atoms with E-state index in [9.17, 15) is 4.79 Å². The second-order valence-corrected chi connectivity index (χ2v) is 5.25. The number of carbonyl (C=O) groups excluding carboxylic acids is 1. The highest BCUT2D eigenvalue weighted by molar-refractivity contribution is 6.00. The molecule has 1 amide bonds. The average molecular weight is 261 g/mol. The van der Waals surface area contributed by atoms with E-state index in [-0.39, 0.29) is 18.1 Å². The van der Waals surface area contributed by atoms with Gasteiger partial charge in [0.15, 0.2) is 0 Å². The van der Waals surface area contributed by atoms with Gasteiger partial charge in [0.05, 0.1) is 24.3 Å². The highest BCUT2D eigenvalue weighted by Crippen LogP contribution is 2.31. The Morgan fingerprint density at radius 1 is 1.32 bits per heavy atom. The van der Waals surface area contributed by atoms with Crippen molar-refractivity contribution in [1.29, 1.82) is 0 Å². The minimum absolute atomic E-state index is 0.00213. The third-order valence-corrected chi connectivity index (χ3v) is 4.05. The third kappa shape index (κ3) is 2.14. The molecule has 1 aromatic carbocycles. The number of ether oxygens (including phenoxy) is 1. The summed E-state index contributed by atoms with van der Waals surface area (Å²) >= 11 is 0. The van der Waals surface area contributed by atoms with Crippen LogP contribution in [0.1, 0.15) is 29.6 Å². The third-order valence-electron chi connectivity index (χ3n) is 4.05. The smallest absolute Gasteiger partial charge is 0.256 e. The predicted octanol–water partition coefficient (Wildman–Crippen LogP) is 1.24. The van der Waals surface area contributed by atoms with Crippen LogP contribution >= 0.6 is 0 Å². The molecule has 0 radical (unpaired) electrons. The van der Waals surface area contributed by atoms with E-state index in [2.05, 4.69) is 0 Å². The van der Waals surface area contributed by atoms with Crippen molar-refractivity contribution in [3.63, 3.8) is 0 Å². The standard InChI is InChI=1S/C14H19N3O2/c15-9-4-5-10(11(16)8-9)14(18)17-6-7-19-13-3-1-2-12(13)17/h4-5,8,12-13H,1-3,6-7,15-16H2. The lowest BCUT2D eigenvalue weighted by molar-refractivity contribution is -0.0445. The molecular formula is C14H19N3O2. The average Bonchev–Trinajstić information content (AvgIpc) is 2.86. The number of anilines is 2. The number of nitrogen functional groups attached to an aromatic ring is 2. The van der Waals surface area contributed by atoms with E-state index in [1.54, 1.807) is 18.2 Å². The van der Waals surface area contributed by atoms with Crippen LogP contribution in [0.4, 0.5) is 11.4 Å². The molecule has 19 heavy (non-hydrogen) atoms. The van der Waals surface area contributed by atoms with E-state index in [1.807, 2.05) is 4.90 Å². The fourth-order valence-electron chi connectivity index (χ4n) is 3.11. The first kappa shape index (κ1) is 12.3. The molecule has 3 rings (SSSR count). The molecule has 2 aliphatic rings. The Balaban J connectivity index is 1.86. The normalized spacial score (nSPS) is 26.2. The van der Waals surface area contributed by atoms with Crippen molar-refractivity contribution in [1.82, 2.24) is 4.90 Å². The van der Waals surface area contributed by atoms with Gasteiger partial charge in [-0.2, -0.15) is 0 Å². The van der Waals surface area contributed by atoms with Crippen LogP contribution in [0.2, 0.25) is 0 Å². The molecule has 1 saturated carbocycles. The van der Waals surface area contributed by atoms with Crippen molar-refractivity contribution >= 4 is 17.3 Å².